The molecule has 170 valence electrons. The van der Waals surface area contributed by atoms with Crippen LogP contribution in [0.1, 0.15) is 22.3 Å². The number of hydrogen-bond donors (Lipinski definition) is 0. The van der Waals surface area contributed by atoms with Crippen molar-refractivity contribution >= 4 is 0 Å². The molecule has 4 aromatic rings. The van der Waals surface area contributed by atoms with Crippen LogP contribution in [0.25, 0.3) is 0 Å². The molecule has 0 fully saturated rings. The fourth-order valence-electron chi connectivity index (χ4n) is 3.12. The molecular weight excluding hydrogens is 426 g/mol. The summed E-state index contributed by atoms with van der Waals surface area (Å²) in [5, 5.41) is 9.15. The van der Waals surface area contributed by atoms with E-state index in [1.54, 1.807) is 24.3 Å². The predicted molar refractivity (Wildman–Crippen MR) is 130 cm³/mol. The molecule has 0 N–H and O–H groups in total. The highest BCUT2D eigenvalue weighted by Gasteiger charge is 2.43. The van der Waals surface area contributed by atoms with Crippen molar-refractivity contribution in [3.05, 3.63) is 119 Å². The van der Waals surface area contributed by atoms with E-state index < -0.39 is 6.16 Å². The van der Waals surface area contributed by atoms with Crippen molar-refractivity contribution in [2.45, 2.75) is 26.9 Å². The first-order valence-electron chi connectivity index (χ1n) is 10.9. The molecule has 0 aliphatic heterocycles. The van der Waals surface area contributed by atoms with Gasteiger partial charge in [-0.3, -0.25) is 0 Å². The molecule has 0 aliphatic carbocycles. The molecule has 0 bridgehead atoms. The molecular formula is C29H25NO4. The first-order valence-corrected chi connectivity index (χ1v) is 10.9. The molecule has 5 nitrogen and oxygen atoms in total. The van der Waals surface area contributed by atoms with E-state index in [-0.39, 0.29) is 0 Å². The third-order valence-electron chi connectivity index (χ3n) is 5.02. The number of aryl methyl sites for hydroxylation is 3. The first-order chi connectivity index (χ1) is 16.4. The van der Waals surface area contributed by atoms with Crippen LogP contribution in [0.15, 0.2) is 97.1 Å². The van der Waals surface area contributed by atoms with E-state index in [9.17, 15) is 0 Å². The van der Waals surface area contributed by atoms with Crippen LogP contribution in [0.3, 0.4) is 0 Å². The quantitative estimate of drug-likeness (QED) is 0.279. The molecule has 0 aliphatic rings. The maximum absolute atomic E-state index is 9.15. The van der Waals surface area contributed by atoms with Gasteiger partial charge in [0.25, 0.3) is 0 Å². The van der Waals surface area contributed by atoms with Gasteiger partial charge >= 0.3 is 6.16 Å². The molecule has 0 radical (unpaired) electrons. The lowest BCUT2D eigenvalue weighted by atomic mass is 10.2. The van der Waals surface area contributed by atoms with Crippen molar-refractivity contribution in [3.8, 4) is 29.1 Å². The molecule has 5 heteroatoms. The van der Waals surface area contributed by atoms with Crippen molar-refractivity contribution in [1.29, 1.82) is 5.26 Å². The topological polar surface area (TPSA) is 60.7 Å². The van der Waals surface area contributed by atoms with Gasteiger partial charge in [-0.1, -0.05) is 53.1 Å². The SMILES string of the molecule is Cc1ccc(OC(Oc2ccc(C)cc2)(Oc2ccc(C)cc2)Oc2ccc(C#N)cc2)cc1. The minimum atomic E-state index is -1.99. The Balaban J connectivity index is 1.77. The summed E-state index contributed by atoms with van der Waals surface area (Å²) >= 11 is 0. The van der Waals surface area contributed by atoms with E-state index in [1.807, 2.05) is 93.6 Å². The maximum Gasteiger partial charge on any atom is 0.611 e. The van der Waals surface area contributed by atoms with Crippen LogP contribution < -0.4 is 18.9 Å². The summed E-state index contributed by atoms with van der Waals surface area (Å²) in [7, 11) is 0. The van der Waals surface area contributed by atoms with Gasteiger partial charge in [0.1, 0.15) is 23.0 Å². The zero-order valence-electron chi connectivity index (χ0n) is 19.3. The Morgan fingerprint density at radius 2 is 0.735 bits per heavy atom. The highest BCUT2D eigenvalue weighted by Crippen LogP contribution is 2.30. The standard InChI is InChI=1S/C29H25NO4/c1-21-4-12-25(13-5-21)31-29(32-26-14-6-22(2)7-15-26,33-27-16-8-23(3)9-17-27)34-28-18-10-24(20-30)11-19-28/h4-19H,1-3H3. The molecule has 4 aromatic carbocycles. The van der Waals surface area contributed by atoms with Gasteiger partial charge in [-0.25, -0.2) is 0 Å². The molecule has 0 spiro atoms. The van der Waals surface area contributed by atoms with E-state index >= 15 is 0 Å². The second-order valence-electron chi connectivity index (χ2n) is 7.98. The molecule has 4 rings (SSSR count). The maximum atomic E-state index is 9.15. The minimum Gasteiger partial charge on any atom is -0.386 e. The summed E-state index contributed by atoms with van der Waals surface area (Å²) < 4.78 is 25.0. The fourth-order valence-corrected chi connectivity index (χ4v) is 3.12. The smallest absolute Gasteiger partial charge is 0.386 e. The van der Waals surface area contributed by atoms with E-state index in [1.165, 1.54) is 0 Å². The lowest BCUT2D eigenvalue weighted by Gasteiger charge is -2.32. The van der Waals surface area contributed by atoms with E-state index in [0.29, 0.717) is 28.6 Å². The number of ether oxygens (including phenoxy) is 4. The summed E-state index contributed by atoms with van der Waals surface area (Å²) in [5.41, 5.74) is 3.77. The zero-order valence-corrected chi connectivity index (χ0v) is 19.3. The monoisotopic (exact) mass is 451 g/mol. The van der Waals surface area contributed by atoms with Crippen molar-refractivity contribution < 1.29 is 18.9 Å². The summed E-state index contributed by atoms with van der Waals surface area (Å²) in [6.07, 6.45) is -1.99. The van der Waals surface area contributed by atoms with Gasteiger partial charge in [0.05, 0.1) is 11.6 Å². The molecule has 0 atom stereocenters. The average molecular weight is 452 g/mol. The van der Waals surface area contributed by atoms with E-state index in [4.69, 9.17) is 24.2 Å². The Morgan fingerprint density at radius 1 is 0.471 bits per heavy atom. The summed E-state index contributed by atoms with van der Waals surface area (Å²) in [6.45, 7) is 5.99. The summed E-state index contributed by atoms with van der Waals surface area (Å²) in [6, 6.07) is 31.3. The molecule has 0 aromatic heterocycles. The molecule has 0 unspecified atom stereocenters. The Bertz CT molecular complexity index is 1140. The number of nitriles is 1. The molecule has 0 saturated carbocycles. The lowest BCUT2D eigenvalue weighted by molar-refractivity contribution is -0.367. The van der Waals surface area contributed by atoms with Gasteiger partial charge in [-0.15, -0.1) is 0 Å². The van der Waals surface area contributed by atoms with Gasteiger partial charge in [0, 0.05) is 0 Å². The number of rotatable bonds is 8. The van der Waals surface area contributed by atoms with Crippen molar-refractivity contribution in [3.63, 3.8) is 0 Å². The van der Waals surface area contributed by atoms with E-state index in [2.05, 4.69) is 6.07 Å². The Kier molecular flexibility index (Phi) is 6.70. The van der Waals surface area contributed by atoms with Crippen molar-refractivity contribution in [2.75, 3.05) is 0 Å². The van der Waals surface area contributed by atoms with Gasteiger partial charge in [-0.2, -0.15) is 5.26 Å². The molecule has 0 heterocycles. The Hall–Kier alpha value is -4.43. The average Bonchev–Trinajstić information content (AvgIpc) is 2.84. The number of nitrogens with zero attached hydrogens (tertiary/aromatic N) is 1. The summed E-state index contributed by atoms with van der Waals surface area (Å²) in [4.78, 5) is 0. The lowest BCUT2D eigenvalue weighted by Crippen LogP contribution is -2.53. The molecule has 0 amide bonds. The van der Waals surface area contributed by atoms with Crippen molar-refractivity contribution in [1.82, 2.24) is 0 Å². The second kappa shape index (κ2) is 10.0. The normalized spacial score (nSPS) is 10.8. The zero-order chi connectivity index (χ0) is 24.0. The highest BCUT2D eigenvalue weighted by atomic mass is 17.0. The summed E-state index contributed by atoms with van der Waals surface area (Å²) in [5.74, 6) is 1.90. The van der Waals surface area contributed by atoms with Crippen LogP contribution in [0.4, 0.5) is 0 Å². The highest BCUT2D eigenvalue weighted by molar-refractivity contribution is 5.35. The largest absolute Gasteiger partial charge is 0.611 e. The van der Waals surface area contributed by atoms with Crippen molar-refractivity contribution in [2.24, 2.45) is 0 Å². The minimum absolute atomic E-state index is 0.408. The Labute approximate surface area is 199 Å². The number of benzene rings is 4. The van der Waals surface area contributed by atoms with Gasteiger partial charge < -0.3 is 18.9 Å². The van der Waals surface area contributed by atoms with Crippen LogP contribution in [0.2, 0.25) is 0 Å². The van der Waals surface area contributed by atoms with Crippen LogP contribution in [-0.4, -0.2) is 6.16 Å². The van der Waals surface area contributed by atoms with Crippen LogP contribution in [0.5, 0.6) is 23.0 Å². The van der Waals surface area contributed by atoms with E-state index in [0.717, 1.165) is 16.7 Å². The third-order valence-corrected chi connectivity index (χ3v) is 5.02. The molecule has 0 saturated heterocycles. The first kappa shape index (κ1) is 22.8. The predicted octanol–water partition coefficient (Wildman–Crippen LogP) is 6.71. The van der Waals surface area contributed by atoms with Gasteiger partial charge in [0.15, 0.2) is 0 Å². The van der Waals surface area contributed by atoms with Crippen LogP contribution >= 0.6 is 0 Å². The fraction of sp³-hybridized carbons (Fsp3) is 0.138. The Morgan fingerprint density at radius 3 is 1.00 bits per heavy atom. The van der Waals surface area contributed by atoms with Crippen LogP contribution in [0, 0.1) is 32.1 Å². The third kappa shape index (κ3) is 5.87. The number of hydrogen-bond acceptors (Lipinski definition) is 5. The second-order valence-corrected chi connectivity index (χ2v) is 7.98. The van der Waals surface area contributed by atoms with Gasteiger partial charge in [-0.05, 0) is 81.4 Å². The van der Waals surface area contributed by atoms with Crippen LogP contribution in [-0.2, 0) is 0 Å². The van der Waals surface area contributed by atoms with Gasteiger partial charge in [0.2, 0.25) is 0 Å². The molecule has 34 heavy (non-hydrogen) atoms.